The van der Waals surface area contributed by atoms with E-state index < -0.39 is 0 Å². The maximum Gasteiger partial charge on any atom is 0.119 e. The first kappa shape index (κ1) is 12.4. The van der Waals surface area contributed by atoms with Crippen molar-refractivity contribution in [3.8, 4) is 5.75 Å². The Morgan fingerprint density at radius 1 is 1.41 bits per heavy atom. The average Bonchev–Trinajstić information content (AvgIpc) is 2.67. The van der Waals surface area contributed by atoms with Crippen LogP contribution < -0.4 is 10.1 Å². The second-order valence-electron chi connectivity index (χ2n) is 5.84. The van der Waals surface area contributed by atoms with Crippen LogP contribution in [-0.4, -0.2) is 13.2 Å². The van der Waals surface area contributed by atoms with Gasteiger partial charge in [0, 0.05) is 12.6 Å². The third kappa shape index (κ3) is 3.47. The highest BCUT2D eigenvalue weighted by Gasteiger charge is 2.30. The summed E-state index contributed by atoms with van der Waals surface area (Å²) in [7, 11) is 1.71. The minimum absolute atomic E-state index is 0.520. The highest BCUT2D eigenvalue weighted by Crippen LogP contribution is 2.36. The quantitative estimate of drug-likeness (QED) is 0.861. The van der Waals surface area contributed by atoms with E-state index >= 15 is 0 Å². The molecule has 0 heterocycles. The molecule has 0 aromatic heterocycles. The summed E-state index contributed by atoms with van der Waals surface area (Å²) in [5.74, 6) is 0.941. The molecule has 2 rings (SSSR count). The molecule has 2 heteroatoms. The molecule has 1 N–H and O–H groups in total. The van der Waals surface area contributed by atoms with Crippen LogP contribution in [0, 0.1) is 5.41 Å². The fraction of sp³-hybridized carbons (Fsp3) is 0.600. The molecule has 17 heavy (non-hydrogen) atoms. The molecule has 1 saturated carbocycles. The first-order valence-corrected chi connectivity index (χ1v) is 6.45. The first-order valence-electron chi connectivity index (χ1n) is 6.45. The molecule has 0 bridgehead atoms. The van der Waals surface area contributed by atoms with Crippen LogP contribution in [0.25, 0.3) is 0 Å². The Bertz CT molecular complexity index is 373. The van der Waals surface area contributed by atoms with Crippen molar-refractivity contribution in [2.45, 2.75) is 45.7 Å². The molecule has 1 aromatic carbocycles. The van der Waals surface area contributed by atoms with Gasteiger partial charge in [0.05, 0.1) is 7.11 Å². The third-order valence-corrected chi connectivity index (χ3v) is 3.70. The molecule has 1 aliphatic rings. The lowest BCUT2D eigenvalue weighted by Gasteiger charge is -2.18. The minimum Gasteiger partial charge on any atom is -0.497 e. The molecule has 0 aliphatic heterocycles. The number of benzene rings is 1. The standard InChI is InChI=1S/C15H23NO/c1-15(2)8-7-13(10-15)16-11-12-5-4-6-14(9-12)17-3/h4-6,9,13,16H,7-8,10-11H2,1-3H3. The van der Waals surface area contributed by atoms with Gasteiger partial charge in [0.25, 0.3) is 0 Å². The molecule has 1 fully saturated rings. The van der Waals surface area contributed by atoms with E-state index in [1.807, 2.05) is 6.07 Å². The highest BCUT2D eigenvalue weighted by atomic mass is 16.5. The van der Waals surface area contributed by atoms with Gasteiger partial charge in [0.15, 0.2) is 0 Å². The van der Waals surface area contributed by atoms with Crippen molar-refractivity contribution in [1.82, 2.24) is 5.32 Å². The second-order valence-corrected chi connectivity index (χ2v) is 5.84. The molecule has 1 atom stereocenters. The Kier molecular flexibility index (Phi) is 3.72. The van der Waals surface area contributed by atoms with E-state index in [0.717, 1.165) is 12.3 Å². The summed E-state index contributed by atoms with van der Waals surface area (Å²) in [6.07, 6.45) is 3.93. The lowest BCUT2D eigenvalue weighted by Crippen LogP contribution is -2.26. The molecule has 94 valence electrons. The average molecular weight is 233 g/mol. The van der Waals surface area contributed by atoms with Crippen molar-refractivity contribution in [3.05, 3.63) is 29.8 Å². The van der Waals surface area contributed by atoms with Gasteiger partial charge in [-0.05, 0) is 42.4 Å². The fourth-order valence-electron chi connectivity index (χ4n) is 2.65. The van der Waals surface area contributed by atoms with Gasteiger partial charge in [-0.1, -0.05) is 26.0 Å². The van der Waals surface area contributed by atoms with Crippen molar-refractivity contribution in [3.63, 3.8) is 0 Å². The Hall–Kier alpha value is -1.02. The van der Waals surface area contributed by atoms with Gasteiger partial charge in [-0.25, -0.2) is 0 Å². The Morgan fingerprint density at radius 3 is 2.88 bits per heavy atom. The fourth-order valence-corrected chi connectivity index (χ4v) is 2.65. The highest BCUT2D eigenvalue weighted by molar-refractivity contribution is 5.28. The molecule has 1 aromatic rings. The molecule has 0 saturated heterocycles. The third-order valence-electron chi connectivity index (χ3n) is 3.70. The van der Waals surface area contributed by atoms with E-state index in [4.69, 9.17) is 4.74 Å². The van der Waals surface area contributed by atoms with Crippen molar-refractivity contribution in [2.75, 3.05) is 7.11 Å². The topological polar surface area (TPSA) is 21.3 Å². The van der Waals surface area contributed by atoms with Crippen LogP contribution in [0.15, 0.2) is 24.3 Å². The molecule has 0 amide bonds. The zero-order valence-corrected chi connectivity index (χ0v) is 11.1. The van der Waals surface area contributed by atoms with Gasteiger partial charge in [-0.3, -0.25) is 0 Å². The molecular formula is C15H23NO. The molecule has 0 spiro atoms. The first-order chi connectivity index (χ1) is 8.09. The number of hydrogen-bond donors (Lipinski definition) is 1. The van der Waals surface area contributed by atoms with Gasteiger partial charge in [0.1, 0.15) is 5.75 Å². The molecule has 1 aliphatic carbocycles. The van der Waals surface area contributed by atoms with Gasteiger partial charge in [-0.15, -0.1) is 0 Å². The van der Waals surface area contributed by atoms with Crippen LogP contribution >= 0.6 is 0 Å². The minimum atomic E-state index is 0.520. The number of nitrogens with one attached hydrogen (secondary N) is 1. The lowest BCUT2D eigenvalue weighted by atomic mass is 9.92. The predicted molar refractivity (Wildman–Crippen MR) is 71.3 cm³/mol. The van der Waals surface area contributed by atoms with Crippen molar-refractivity contribution in [1.29, 1.82) is 0 Å². The molecule has 0 radical (unpaired) electrons. The lowest BCUT2D eigenvalue weighted by molar-refractivity contribution is 0.364. The smallest absolute Gasteiger partial charge is 0.119 e. The largest absolute Gasteiger partial charge is 0.497 e. The summed E-state index contributed by atoms with van der Waals surface area (Å²) in [5, 5.41) is 3.65. The SMILES string of the molecule is COc1cccc(CNC2CCC(C)(C)C2)c1. The molecule has 2 nitrogen and oxygen atoms in total. The van der Waals surface area contributed by atoms with Crippen molar-refractivity contribution in [2.24, 2.45) is 5.41 Å². The monoisotopic (exact) mass is 233 g/mol. The summed E-state index contributed by atoms with van der Waals surface area (Å²) in [5.41, 5.74) is 1.82. The van der Waals surface area contributed by atoms with Crippen LogP contribution in [0.5, 0.6) is 5.75 Å². The van der Waals surface area contributed by atoms with Crippen LogP contribution in [0.4, 0.5) is 0 Å². The summed E-state index contributed by atoms with van der Waals surface area (Å²) in [6.45, 7) is 5.67. The maximum atomic E-state index is 5.23. The van der Waals surface area contributed by atoms with Gasteiger partial charge >= 0.3 is 0 Å². The summed E-state index contributed by atoms with van der Waals surface area (Å²) in [4.78, 5) is 0. The second kappa shape index (κ2) is 5.09. The number of hydrogen-bond acceptors (Lipinski definition) is 2. The number of ether oxygens (including phenoxy) is 1. The number of rotatable bonds is 4. The number of methoxy groups -OCH3 is 1. The van der Waals surface area contributed by atoms with Crippen LogP contribution in [0.3, 0.4) is 0 Å². The predicted octanol–water partition coefficient (Wildman–Crippen LogP) is 3.36. The summed E-state index contributed by atoms with van der Waals surface area (Å²) < 4.78 is 5.23. The van der Waals surface area contributed by atoms with Gasteiger partial charge in [0.2, 0.25) is 0 Å². The van der Waals surface area contributed by atoms with Crippen LogP contribution in [0.1, 0.15) is 38.7 Å². The van der Waals surface area contributed by atoms with E-state index in [2.05, 4.69) is 37.4 Å². The van der Waals surface area contributed by atoms with E-state index in [1.165, 1.54) is 24.8 Å². The van der Waals surface area contributed by atoms with Crippen molar-refractivity contribution < 1.29 is 4.74 Å². The van der Waals surface area contributed by atoms with Crippen molar-refractivity contribution >= 4 is 0 Å². The van der Waals surface area contributed by atoms with Crippen LogP contribution in [-0.2, 0) is 6.54 Å². The van der Waals surface area contributed by atoms with Gasteiger partial charge < -0.3 is 10.1 Å². The van der Waals surface area contributed by atoms with Crippen LogP contribution in [0.2, 0.25) is 0 Å². The van der Waals surface area contributed by atoms with E-state index in [9.17, 15) is 0 Å². The summed E-state index contributed by atoms with van der Waals surface area (Å²) >= 11 is 0. The zero-order chi connectivity index (χ0) is 12.3. The Labute approximate surface area is 104 Å². The zero-order valence-electron chi connectivity index (χ0n) is 11.1. The molecular weight excluding hydrogens is 210 g/mol. The maximum absolute atomic E-state index is 5.23. The van der Waals surface area contributed by atoms with E-state index in [1.54, 1.807) is 7.11 Å². The van der Waals surface area contributed by atoms with Gasteiger partial charge in [-0.2, -0.15) is 0 Å². The normalized spacial score (nSPS) is 22.6. The molecule has 1 unspecified atom stereocenters. The Balaban J connectivity index is 1.86. The Morgan fingerprint density at radius 2 is 2.24 bits per heavy atom. The van der Waals surface area contributed by atoms with E-state index in [0.29, 0.717) is 11.5 Å². The summed E-state index contributed by atoms with van der Waals surface area (Å²) in [6, 6.07) is 8.97. The van der Waals surface area contributed by atoms with E-state index in [-0.39, 0.29) is 0 Å².